The van der Waals surface area contributed by atoms with Crippen molar-refractivity contribution in [3.05, 3.63) is 65.0 Å². The number of primary amides is 1. The molecule has 2 aliphatic rings. The van der Waals surface area contributed by atoms with E-state index in [2.05, 4.69) is 0 Å². The number of hydrogen-bond donors (Lipinski definition) is 2. The van der Waals surface area contributed by atoms with Crippen LogP contribution < -0.4 is 10.9 Å². The topological polar surface area (TPSA) is 124 Å². The third-order valence-electron chi connectivity index (χ3n) is 7.02. The molecule has 1 unspecified atom stereocenters. The van der Waals surface area contributed by atoms with Crippen molar-refractivity contribution in [3.63, 3.8) is 0 Å². The maximum atomic E-state index is 15.2. The Morgan fingerprint density at radius 1 is 1.08 bits per heavy atom. The van der Waals surface area contributed by atoms with Crippen molar-refractivity contribution >= 4 is 21.8 Å². The molecule has 4 rings (SSSR count). The quantitative estimate of drug-likeness (QED) is 0.558. The van der Waals surface area contributed by atoms with E-state index in [9.17, 15) is 31.2 Å². The first kappa shape index (κ1) is 26.1. The predicted molar refractivity (Wildman–Crippen MR) is 121 cm³/mol. The fraction of sp³-hybridized carbons (Fsp3) is 0.417. The third kappa shape index (κ3) is 4.71. The first-order valence-electron chi connectivity index (χ1n) is 11.4. The maximum Gasteiger partial charge on any atom is 0.416 e. The molecular weight excluding hydrogens is 502 g/mol. The van der Waals surface area contributed by atoms with E-state index in [1.54, 1.807) is 0 Å². The molecule has 12 heteroatoms. The molecule has 36 heavy (non-hydrogen) atoms. The summed E-state index contributed by atoms with van der Waals surface area (Å²) in [5.74, 6) is -3.96. The van der Waals surface area contributed by atoms with E-state index in [0.29, 0.717) is 31.7 Å². The number of amides is 2. The van der Waals surface area contributed by atoms with Crippen LogP contribution in [0.4, 0.5) is 17.6 Å². The number of likely N-dealkylation sites (tertiary alicyclic amines) is 1. The zero-order chi connectivity index (χ0) is 26.5. The molecule has 0 spiro atoms. The Hall–Kier alpha value is -2.99. The fourth-order valence-corrected chi connectivity index (χ4v) is 5.82. The van der Waals surface area contributed by atoms with Crippen molar-refractivity contribution in [1.82, 2.24) is 4.90 Å². The van der Waals surface area contributed by atoms with Crippen LogP contribution >= 0.6 is 0 Å². The number of piperidine rings is 1. The molecule has 0 aromatic heterocycles. The summed E-state index contributed by atoms with van der Waals surface area (Å²) in [5, 5.41) is 5.19. The highest BCUT2D eigenvalue weighted by Crippen LogP contribution is 2.54. The van der Waals surface area contributed by atoms with Crippen molar-refractivity contribution < 1.29 is 35.6 Å². The maximum absolute atomic E-state index is 15.2. The van der Waals surface area contributed by atoms with Gasteiger partial charge >= 0.3 is 6.18 Å². The van der Waals surface area contributed by atoms with Gasteiger partial charge in [-0.1, -0.05) is 12.1 Å². The Morgan fingerprint density at radius 2 is 1.78 bits per heavy atom. The highest BCUT2D eigenvalue weighted by molar-refractivity contribution is 7.89. The summed E-state index contributed by atoms with van der Waals surface area (Å²) in [5.41, 5.74) is 2.86. The summed E-state index contributed by atoms with van der Waals surface area (Å²) in [6.45, 7) is 0.0762. The monoisotopic (exact) mass is 527 g/mol. The van der Waals surface area contributed by atoms with E-state index in [-0.39, 0.29) is 34.9 Å². The van der Waals surface area contributed by atoms with Crippen molar-refractivity contribution in [2.45, 2.75) is 54.6 Å². The van der Waals surface area contributed by atoms with Crippen LogP contribution in [0.1, 0.15) is 59.5 Å². The van der Waals surface area contributed by atoms with Crippen LogP contribution in [-0.2, 0) is 21.0 Å². The van der Waals surface area contributed by atoms with Gasteiger partial charge in [-0.15, -0.1) is 0 Å². The molecule has 0 radical (unpaired) electrons. The molecule has 2 fully saturated rings. The molecule has 1 heterocycles. The number of benzene rings is 2. The van der Waals surface area contributed by atoms with Crippen molar-refractivity contribution in [3.8, 4) is 0 Å². The summed E-state index contributed by atoms with van der Waals surface area (Å²) >= 11 is 0. The third-order valence-corrected chi connectivity index (χ3v) is 7.93. The average molecular weight is 528 g/mol. The molecule has 1 aliphatic heterocycles. The molecule has 194 valence electrons. The van der Waals surface area contributed by atoms with Crippen molar-refractivity contribution in [1.29, 1.82) is 0 Å². The second-order valence-corrected chi connectivity index (χ2v) is 10.9. The zero-order valence-electron chi connectivity index (χ0n) is 19.1. The smallest absolute Gasteiger partial charge is 0.368 e. The van der Waals surface area contributed by atoms with E-state index >= 15 is 4.39 Å². The van der Waals surface area contributed by atoms with E-state index in [1.165, 1.54) is 23.1 Å². The highest BCUT2D eigenvalue weighted by atomic mass is 32.2. The van der Waals surface area contributed by atoms with E-state index in [0.717, 1.165) is 18.2 Å². The SMILES string of the molecule is NC(=O)C1([C@@H](c2ccc(C(F)(F)F)cc2F)C2CC2)CCCCN1C(=O)c1cccc(S(N)(=O)=O)c1. The van der Waals surface area contributed by atoms with Gasteiger partial charge in [-0.3, -0.25) is 9.59 Å². The molecule has 0 bridgehead atoms. The minimum Gasteiger partial charge on any atom is -0.368 e. The van der Waals surface area contributed by atoms with Gasteiger partial charge in [0.15, 0.2) is 0 Å². The molecule has 4 N–H and O–H groups in total. The number of halogens is 4. The zero-order valence-corrected chi connectivity index (χ0v) is 19.9. The molecule has 2 aromatic carbocycles. The number of hydrogen-bond acceptors (Lipinski definition) is 4. The summed E-state index contributed by atoms with van der Waals surface area (Å²) in [7, 11) is -4.12. The fourth-order valence-electron chi connectivity index (χ4n) is 5.26. The van der Waals surface area contributed by atoms with Crippen molar-refractivity contribution in [2.24, 2.45) is 16.8 Å². The first-order valence-corrected chi connectivity index (χ1v) is 12.9. The molecule has 2 atom stereocenters. The van der Waals surface area contributed by atoms with Crippen molar-refractivity contribution in [2.75, 3.05) is 6.54 Å². The predicted octanol–water partition coefficient (Wildman–Crippen LogP) is 3.54. The van der Waals surface area contributed by atoms with E-state index in [4.69, 9.17) is 10.9 Å². The Labute approximate surface area is 205 Å². The van der Waals surface area contributed by atoms with Gasteiger partial charge in [-0.05, 0) is 73.9 Å². The van der Waals surface area contributed by atoms with Crippen LogP contribution in [0.3, 0.4) is 0 Å². The lowest BCUT2D eigenvalue weighted by molar-refractivity contribution is -0.138. The van der Waals surface area contributed by atoms with Gasteiger partial charge in [0, 0.05) is 18.0 Å². The number of carbonyl (C=O) groups is 2. The molecule has 1 saturated heterocycles. The lowest BCUT2D eigenvalue weighted by Gasteiger charge is -2.50. The van der Waals surface area contributed by atoms with Crippen LogP contribution in [0.5, 0.6) is 0 Å². The Bertz CT molecular complexity index is 1310. The number of carbonyl (C=O) groups excluding carboxylic acids is 2. The molecule has 1 aliphatic carbocycles. The number of nitrogens with two attached hydrogens (primary N) is 2. The van der Waals surface area contributed by atoms with Crippen LogP contribution in [0.25, 0.3) is 0 Å². The summed E-state index contributed by atoms with van der Waals surface area (Å²) in [6.07, 6.45) is -2.51. The van der Waals surface area contributed by atoms with Gasteiger partial charge in [-0.2, -0.15) is 13.2 Å². The van der Waals surface area contributed by atoms with Gasteiger partial charge in [0.1, 0.15) is 11.4 Å². The second kappa shape index (κ2) is 9.15. The molecule has 2 amide bonds. The molecular formula is C24H25F4N3O4S. The number of nitrogens with zero attached hydrogens (tertiary/aromatic N) is 1. The lowest BCUT2D eigenvalue weighted by atomic mass is 9.69. The molecule has 2 aromatic rings. The minimum atomic E-state index is -4.75. The Kier molecular flexibility index (Phi) is 6.63. The average Bonchev–Trinajstić information content (AvgIpc) is 3.64. The minimum absolute atomic E-state index is 0.0588. The second-order valence-electron chi connectivity index (χ2n) is 9.32. The Morgan fingerprint density at radius 3 is 2.33 bits per heavy atom. The summed E-state index contributed by atoms with van der Waals surface area (Å²) in [6, 6.07) is 7.16. The van der Waals surface area contributed by atoms with Gasteiger partial charge in [-0.25, -0.2) is 17.9 Å². The van der Waals surface area contributed by atoms with Crippen LogP contribution in [0.15, 0.2) is 47.4 Å². The van der Waals surface area contributed by atoms with Crippen LogP contribution in [0.2, 0.25) is 0 Å². The highest BCUT2D eigenvalue weighted by Gasteiger charge is 2.57. The normalized spacial score (nSPS) is 21.8. The van der Waals surface area contributed by atoms with Gasteiger partial charge in [0.25, 0.3) is 5.91 Å². The van der Waals surface area contributed by atoms with Crippen LogP contribution in [0, 0.1) is 11.7 Å². The van der Waals surface area contributed by atoms with E-state index in [1.807, 2.05) is 0 Å². The van der Waals surface area contributed by atoms with E-state index < -0.39 is 50.9 Å². The summed E-state index contributed by atoms with van der Waals surface area (Å²) < 4.78 is 78.3. The number of primary sulfonamides is 1. The largest absolute Gasteiger partial charge is 0.416 e. The number of alkyl halides is 3. The molecule has 1 saturated carbocycles. The number of sulfonamides is 1. The standard InChI is InChI=1S/C24H25F4N3O4S/c25-19-13-16(24(26,27)28)8-9-18(19)20(14-6-7-14)23(22(29)33)10-1-2-11-31(23)21(32)15-4-3-5-17(12-15)36(30,34)35/h3-5,8-9,12-14,20H,1-2,6-7,10-11H2,(H2,29,33)(H2,30,34,35)/t20-,23?/m1/s1. The van der Waals surface area contributed by atoms with Crippen LogP contribution in [-0.4, -0.2) is 37.2 Å². The van der Waals surface area contributed by atoms with Gasteiger partial charge in [0.05, 0.1) is 10.5 Å². The Balaban J connectivity index is 1.84. The van der Waals surface area contributed by atoms with Gasteiger partial charge < -0.3 is 10.6 Å². The molecule has 7 nitrogen and oxygen atoms in total. The number of rotatable bonds is 6. The lowest BCUT2D eigenvalue weighted by Crippen LogP contribution is -2.65. The van der Waals surface area contributed by atoms with Gasteiger partial charge in [0.2, 0.25) is 15.9 Å². The summed E-state index contributed by atoms with van der Waals surface area (Å²) in [4.78, 5) is 27.8. The first-order chi connectivity index (χ1) is 16.8.